The van der Waals surface area contributed by atoms with Gasteiger partial charge in [-0.05, 0) is 24.5 Å². The average Bonchev–Trinajstić information content (AvgIpc) is 3.15. The first-order chi connectivity index (χ1) is 8.72. The minimum atomic E-state index is -0.246. The molecule has 0 atom stereocenters. The minimum absolute atomic E-state index is 0.221. The molecule has 1 fully saturated rings. The molecule has 0 bridgehead atoms. The Bertz CT molecular complexity index is 581. The molecule has 1 aromatic heterocycles. The van der Waals surface area contributed by atoms with Crippen LogP contribution in [0.4, 0.5) is 10.3 Å². The van der Waals surface area contributed by atoms with Gasteiger partial charge in [0, 0.05) is 12.3 Å². The number of rotatable bonds is 3. The van der Waals surface area contributed by atoms with E-state index in [1.807, 2.05) is 0 Å². The summed E-state index contributed by atoms with van der Waals surface area (Å²) in [6.45, 7) is 0. The predicted octanol–water partition coefficient (Wildman–Crippen LogP) is 2.06. The summed E-state index contributed by atoms with van der Waals surface area (Å²) >= 11 is 0. The molecule has 1 aliphatic rings. The van der Waals surface area contributed by atoms with Crippen molar-refractivity contribution in [2.24, 2.45) is 0 Å². The molecule has 3 rings (SSSR count). The Kier molecular flexibility index (Phi) is 2.66. The largest absolute Gasteiger partial charge is 0.368 e. The first kappa shape index (κ1) is 11.1. The third kappa shape index (κ3) is 2.30. The van der Waals surface area contributed by atoms with E-state index >= 15 is 0 Å². The standard InChI is InChI=1S/C13H13FN4/c14-10-4-2-1-3-9(10)7-11-16-12(8-5-6-8)18-13(15)17-11/h1-4,8H,5-7H2,(H2,15,16,17,18). The molecule has 4 nitrogen and oxygen atoms in total. The maximum Gasteiger partial charge on any atom is 0.223 e. The van der Waals surface area contributed by atoms with Crippen molar-refractivity contribution in [2.45, 2.75) is 25.2 Å². The van der Waals surface area contributed by atoms with Gasteiger partial charge in [0.05, 0.1) is 0 Å². The molecule has 2 aromatic rings. The van der Waals surface area contributed by atoms with Crippen molar-refractivity contribution in [1.82, 2.24) is 15.0 Å². The Morgan fingerprint density at radius 2 is 1.94 bits per heavy atom. The number of halogens is 1. The molecule has 18 heavy (non-hydrogen) atoms. The van der Waals surface area contributed by atoms with Gasteiger partial charge in [0.2, 0.25) is 5.95 Å². The summed E-state index contributed by atoms with van der Waals surface area (Å²) in [6, 6.07) is 6.62. The van der Waals surface area contributed by atoms with Gasteiger partial charge < -0.3 is 5.73 Å². The molecule has 1 aliphatic carbocycles. The number of nitrogens with zero attached hydrogens (tertiary/aromatic N) is 3. The first-order valence-corrected chi connectivity index (χ1v) is 5.96. The van der Waals surface area contributed by atoms with E-state index in [1.54, 1.807) is 18.2 Å². The number of benzene rings is 1. The van der Waals surface area contributed by atoms with Gasteiger partial charge in [-0.1, -0.05) is 18.2 Å². The molecular weight excluding hydrogens is 231 g/mol. The van der Waals surface area contributed by atoms with Crippen molar-refractivity contribution in [3.8, 4) is 0 Å². The molecule has 0 radical (unpaired) electrons. The highest BCUT2D eigenvalue weighted by molar-refractivity contribution is 5.25. The number of hydrogen-bond acceptors (Lipinski definition) is 4. The van der Waals surface area contributed by atoms with E-state index in [1.165, 1.54) is 6.07 Å². The molecule has 5 heteroatoms. The Labute approximate surface area is 104 Å². The van der Waals surface area contributed by atoms with Crippen LogP contribution < -0.4 is 5.73 Å². The zero-order valence-corrected chi connectivity index (χ0v) is 9.81. The summed E-state index contributed by atoms with van der Waals surface area (Å²) in [7, 11) is 0. The normalized spacial score (nSPS) is 14.7. The fourth-order valence-corrected chi connectivity index (χ4v) is 1.87. The molecule has 1 heterocycles. The minimum Gasteiger partial charge on any atom is -0.368 e. The topological polar surface area (TPSA) is 64.7 Å². The van der Waals surface area contributed by atoms with Crippen LogP contribution in [0.3, 0.4) is 0 Å². The number of aromatic nitrogens is 3. The molecule has 1 saturated carbocycles. The van der Waals surface area contributed by atoms with Gasteiger partial charge in [-0.25, -0.2) is 9.37 Å². The van der Waals surface area contributed by atoms with Crippen LogP contribution in [0.5, 0.6) is 0 Å². The summed E-state index contributed by atoms with van der Waals surface area (Å²) < 4.78 is 13.5. The van der Waals surface area contributed by atoms with Crippen molar-refractivity contribution in [3.63, 3.8) is 0 Å². The lowest BCUT2D eigenvalue weighted by Crippen LogP contribution is -2.07. The number of nitrogen functional groups attached to an aromatic ring is 1. The van der Waals surface area contributed by atoms with Crippen molar-refractivity contribution in [1.29, 1.82) is 0 Å². The van der Waals surface area contributed by atoms with Crippen LogP contribution in [-0.4, -0.2) is 15.0 Å². The average molecular weight is 244 g/mol. The van der Waals surface area contributed by atoms with E-state index in [2.05, 4.69) is 15.0 Å². The van der Waals surface area contributed by atoms with Crippen molar-refractivity contribution < 1.29 is 4.39 Å². The molecule has 0 saturated heterocycles. The molecule has 0 unspecified atom stereocenters. The Hall–Kier alpha value is -2.04. The van der Waals surface area contributed by atoms with Crippen LogP contribution in [0.25, 0.3) is 0 Å². The van der Waals surface area contributed by atoms with Crippen molar-refractivity contribution in [3.05, 3.63) is 47.3 Å². The highest BCUT2D eigenvalue weighted by atomic mass is 19.1. The summed E-state index contributed by atoms with van der Waals surface area (Å²) in [4.78, 5) is 12.6. The third-order valence-electron chi connectivity index (χ3n) is 2.97. The van der Waals surface area contributed by atoms with Gasteiger partial charge in [-0.2, -0.15) is 9.97 Å². The van der Waals surface area contributed by atoms with E-state index in [0.29, 0.717) is 23.7 Å². The summed E-state index contributed by atoms with van der Waals surface area (Å²) in [6.07, 6.45) is 2.55. The second kappa shape index (κ2) is 4.33. The Morgan fingerprint density at radius 3 is 2.67 bits per heavy atom. The zero-order chi connectivity index (χ0) is 12.5. The molecular formula is C13H13FN4. The van der Waals surface area contributed by atoms with E-state index in [4.69, 9.17) is 5.73 Å². The third-order valence-corrected chi connectivity index (χ3v) is 2.97. The second-order valence-electron chi connectivity index (χ2n) is 4.51. The SMILES string of the molecule is Nc1nc(Cc2ccccc2F)nc(C2CC2)n1. The molecule has 92 valence electrons. The lowest BCUT2D eigenvalue weighted by atomic mass is 10.1. The van der Waals surface area contributed by atoms with Crippen LogP contribution in [-0.2, 0) is 6.42 Å². The van der Waals surface area contributed by atoms with Gasteiger partial charge in [0.1, 0.15) is 17.5 Å². The smallest absolute Gasteiger partial charge is 0.223 e. The van der Waals surface area contributed by atoms with Crippen LogP contribution >= 0.6 is 0 Å². The van der Waals surface area contributed by atoms with Gasteiger partial charge in [-0.3, -0.25) is 0 Å². The maximum atomic E-state index is 13.5. The van der Waals surface area contributed by atoms with Gasteiger partial charge >= 0.3 is 0 Å². The number of nitrogens with two attached hydrogens (primary N) is 1. The molecule has 0 amide bonds. The highest BCUT2D eigenvalue weighted by Gasteiger charge is 2.27. The molecule has 0 spiro atoms. The molecule has 0 aliphatic heterocycles. The van der Waals surface area contributed by atoms with E-state index in [0.717, 1.165) is 18.7 Å². The summed E-state index contributed by atoms with van der Waals surface area (Å²) in [5, 5.41) is 0. The van der Waals surface area contributed by atoms with Crippen LogP contribution in [0.2, 0.25) is 0 Å². The van der Waals surface area contributed by atoms with Crippen LogP contribution in [0, 0.1) is 5.82 Å². The Balaban J connectivity index is 1.90. The van der Waals surface area contributed by atoms with Gasteiger partial charge in [-0.15, -0.1) is 0 Å². The van der Waals surface area contributed by atoms with Crippen molar-refractivity contribution in [2.75, 3.05) is 5.73 Å². The highest BCUT2D eigenvalue weighted by Crippen LogP contribution is 2.38. The quantitative estimate of drug-likeness (QED) is 0.897. The second-order valence-corrected chi connectivity index (χ2v) is 4.51. The van der Waals surface area contributed by atoms with E-state index in [-0.39, 0.29) is 11.8 Å². The molecule has 1 aromatic carbocycles. The predicted molar refractivity (Wildman–Crippen MR) is 65.4 cm³/mol. The van der Waals surface area contributed by atoms with Gasteiger partial charge in [0.15, 0.2) is 0 Å². The maximum absolute atomic E-state index is 13.5. The number of hydrogen-bond donors (Lipinski definition) is 1. The van der Waals surface area contributed by atoms with Gasteiger partial charge in [0.25, 0.3) is 0 Å². The monoisotopic (exact) mass is 244 g/mol. The van der Waals surface area contributed by atoms with Crippen molar-refractivity contribution >= 4 is 5.95 Å². The summed E-state index contributed by atoms with van der Waals surface area (Å²) in [5.41, 5.74) is 6.23. The van der Waals surface area contributed by atoms with E-state index < -0.39 is 0 Å². The fourth-order valence-electron chi connectivity index (χ4n) is 1.87. The summed E-state index contributed by atoms with van der Waals surface area (Å²) in [5.74, 6) is 1.67. The molecule has 2 N–H and O–H groups in total. The fraction of sp³-hybridized carbons (Fsp3) is 0.308. The van der Waals surface area contributed by atoms with Crippen LogP contribution in [0.1, 0.15) is 36.0 Å². The first-order valence-electron chi connectivity index (χ1n) is 5.96. The lowest BCUT2D eigenvalue weighted by molar-refractivity contribution is 0.611. The number of anilines is 1. The Morgan fingerprint density at radius 1 is 1.17 bits per heavy atom. The van der Waals surface area contributed by atoms with E-state index in [9.17, 15) is 4.39 Å². The lowest BCUT2D eigenvalue weighted by Gasteiger charge is -2.05. The van der Waals surface area contributed by atoms with Crippen LogP contribution in [0.15, 0.2) is 24.3 Å². The zero-order valence-electron chi connectivity index (χ0n) is 9.81.